The number of hydrogen-bond acceptors (Lipinski definition) is 2. The summed E-state index contributed by atoms with van der Waals surface area (Å²) in [7, 11) is 0. The van der Waals surface area contributed by atoms with Gasteiger partial charge in [0.25, 0.3) is 0 Å². The molecule has 0 aromatic carbocycles. The van der Waals surface area contributed by atoms with Crippen molar-refractivity contribution in [2.75, 3.05) is 6.54 Å². The van der Waals surface area contributed by atoms with E-state index in [1.54, 1.807) is 0 Å². The average molecular weight is 157 g/mol. The highest BCUT2D eigenvalue weighted by molar-refractivity contribution is 5.74. The third-order valence-electron chi connectivity index (χ3n) is 1.97. The highest BCUT2D eigenvalue weighted by atomic mass is 16.4. The maximum atomic E-state index is 10.6. The zero-order valence-corrected chi connectivity index (χ0v) is 6.84. The molecule has 0 aromatic heterocycles. The summed E-state index contributed by atoms with van der Waals surface area (Å²) in [6.07, 6.45) is 3.15. The fourth-order valence-corrected chi connectivity index (χ4v) is 1.19. The Morgan fingerprint density at radius 3 is 2.73 bits per heavy atom. The van der Waals surface area contributed by atoms with Crippen molar-refractivity contribution in [3.05, 3.63) is 0 Å². The first-order valence-corrected chi connectivity index (χ1v) is 4.22. The third kappa shape index (κ3) is 2.50. The van der Waals surface area contributed by atoms with Gasteiger partial charge in [-0.05, 0) is 31.7 Å². The Balaban J connectivity index is 2.26. The lowest BCUT2D eigenvalue weighted by atomic mass is 10.2. The molecule has 0 heterocycles. The maximum absolute atomic E-state index is 10.6. The van der Waals surface area contributed by atoms with Crippen molar-refractivity contribution in [2.24, 2.45) is 5.92 Å². The van der Waals surface area contributed by atoms with Crippen LogP contribution in [0.5, 0.6) is 0 Å². The molecular weight excluding hydrogens is 142 g/mol. The van der Waals surface area contributed by atoms with Gasteiger partial charge in [0.05, 0.1) is 0 Å². The van der Waals surface area contributed by atoms with Gasteiger partial charge in [-0.15, -0.1) is 0 Å². The molecule has 3 nitrogen and oxygen atoms in total. The fourth-order valence-electron chi connectivity index (χ4n) is 1.19. The molecule has 0 aromatic rings. The van der Waals surface area contributed by atoms with Crippen LogP contribution in [0.25, 0.3) is 0 Å². The van der Waals surface area contributed by atoms with Crippen LogP contribution >= 0.6 is 0 Å². The zero-order chi connectivity index (χ0) is 8.27. The van der Waals surface area contributed by atoms with Crippen LogP contribution in [0.15, 0.2) is 0 Å². The predicted octanol–water partition coefficient (Wildman–Crippen LogP) is 0.849. The molecule has 0 amide bonds. The second-order valence-electron chi connectivity index (χ2n) is 3.11. The van der Waals surface area contributed by atoms with Gasteiger partial charge in [-0.3, -0.25) is 4.79 Å². The van der Waals surface area contributed by atoms with E-state index in [1.807, 2.05) is 6.92 Å². The van der Waals surface area contributed by atoms with E-state index < -0.39 is 5.97 Å². The molecule has 1 aliphatic carbocycles. The molecular formula is C8H15NO2. The highest BCUT2D eigenvalue weighted by Gasteiger charge is 2.35. The average Bonchev–Trinajstić information content (AvgIpc) is 2.71. The molecule has 0 spiro atoms. The molecule has 0 radical (unpaired) electrons. The van der Waals surface area contributed by atoms with Crippen molar-refractivity contribution in [3.8, 4) is 0 Å². The highest BCUT2D eigenvalue weighted by Crippen LogP contribution is 2.32. The van der Waals surface area contributed by atoms with Gasteiger partial charge in [0.1, 0.15) is 6.04 Å². The quantitative estimate of drug-likeness (QED) is 0.622. The summed E-state index contributed by atoms with van der Waals surface area (Å²) in [6, 6.07) is -0.282. The van der Waals surface area contributed by atoms with E-state index >= 15 is 0 Å². The van der Waals surface area contributed by atoms with E-state index in [0.29, 0.717) is 5.92 Å². The van der Waals surface area contributed by atoms with Crippen LogP contribution in [0, 0.1) is 5.92 Å². The Morgan fingerprint density at radius 1 is 1.73 bits per heavy atom. The Kier molecular flexibility index (Phi) is 2.88. The molecule has 0 bridgehead atoms. The van der Waals surface area contributed by atoms with Gasteiger partial charge < -0.3 is 10.4 Å². The van der Waals surface area contributed by atoms with Crippen LogP contribution < -0.4 is 5.32 Å². The lowest BCUT2D eigenvalue weighted by Crippen LogP contribution is -2.38. The molecule has 2 N–H and O–H groups in total. The van der Waals surface area contributed by atoms with Crippen LogP contribution in [-0.4, -0.2) is 23.7 Å². The van der Waals surface area contributed by atoms with Crippen molar-refractivity contribution in [3.63, 3.8) is 0 Å². The van der Waals surface area contributed by atoms with Gasteiger partial charge >= 0.3 is 5.97 Å². The van der Waals surface area contributed by atoms with Gasteiger partial charge in [-0.1, -0.05) is 6.92 Å². The summed E-state index contributed by atoms with van der Waals surface area (Å²) >= 11 is 0. The van der Waals surface area contributed by atoms with E-state index in [0.717, 1.165) is 25.8 Å². The standard InChI is InChI=1S/C8H15NO2/c1-2-5-9-7(8(10)11)6-3-4-6/h6-7,9H,2-5H2,1H3,(H,10,11). The molecule has 1 fully saturated rings. The van der Waals surface area contributed by atoms with Gasteiger partial charge in [-0.2, -0.15) is 0 Å². The number of hydrogen-bond donors (Lipinski definition) is 2. The number of aliphatic carboxylic acids is 1. The summed E-state index contributed by atoms with van der Waals surface area (Å²) in [6.45, 7) is 2.85. The van der Waals surface area contributed by atoms with Gasteiger partial charge in [0.15, 0.2) is 0 Å². The largest absolute Gasteiger partial charge is 0.480 e. The van der Waals surface area contributed by atoms with E-state index in [4.69, 9.17) is 5.11 Å². The van der Waals surface area contributed by atoms with E-state index in [2.05, 4.69) is 5.32 Å². The molecule has 64 valence electrons. The molecule has 0 aliphatic heterocycles. The minimum Gasteiger partial charge on any atom is -0.480 e. The topological polar surface area (TPSA) is 49.3 Å². The van der Waals surface area contributed by atoms with Crippen molar-refractivity contribution in [1.82, 2.24) is 5.32 Å². The minimum atomic E-state index is -0.694. The number of carboxylic acid groups (broad SMARTS) is 1. The second kappa shape index (κ2) is 3.72. The molecule has 3 heteroatoms. The smallest absolute Gasteiger partial charge is 0.320 e. The summed E-state index contributed by atoms with van der Waals surface area (Å²) < 4.78 is 0. The lowest BCUT2D eigenvalue weighted by Gasteiger charge is -2.11. The molecule has 1 rings (SSSR count). The Bertz CT molecular complexity index is 143. The van der Waals surface area contributed by atoms with E-state index in [1.165, 1.54) is 0 Å². The fraction of sp³-hybridized carbons (Fsp3) is 0.875. The summed E-state index contributed by atoms with van der Waals surface area (Å²) in [5, 5.41) is 11.8. The maximum Gasteiger partial charge on any atom is 0.320 e. The number of carboxylic acids is 1. The molecule has 1 atom stereocenters. The second-order valence-corrected chi connectivity index (χ2v) is 3.11. The Hall–Kier alpha value is -0.570. The molecule has 1 unspecified atom stereocenters. The summed E-state index contributed by atoms with van der Waals surface area (Å²) in [5.74, 6) is -0.292. The van der Waals surface area contributed by atoms with Crippen LogP contribution in [0.3, 0.4) is 0 Å². The zero-order valence-electron chi connectivity index (χ0n) is 6.84. The predicted molar refractivity (Wildman–Crippen MR) is 42.4 cm³/mol. The van der Waals surface area contributed by atoms with Crippen LogP contribution in [0.1, 0.15) is 26.2 Å². The molecule has 0 saturated heterocycles. The SMILES string of the molecule is CCCNC(C(=O)O)C1CC1. The van der Waals surface area contributed by atoms with Crippen LogP contribution in [-0.2, 0) is 4.79 Å². The minimum absolute atomic E-state index is 0.282. The van der Waals surface area contributed by atoms with Crippen LogP contribution in [0.4, 0.5) is 0 Å². The normalized spacial score (nSPS) is 19.7. The van der Waals surface area contributed by atoms with Gasteiger partial charge in [-0.25, -0.2) is 0 Å². The first-order chi connectivity index (χ1) is 5.25. The van der Waals surface area contributed by atoms with Gasteiger partial charge in [0.2, 0.25) is 0 Å². The van der Waals surface area contributed by atoms with Crippen molar-refractivity contribution in [1.29, 1.82) is 0 Å². The van der Waals surface area contributed by atoms with Crippen molar-refractivity contribution >= 4 is 5.97 Å². The first-order valence-electron chi connectivity index (χ1n) is 4.22. The lowest BCUT2D eigenvalue weighted by molar-refractivity contribution is -0.140. The first kappa shape index (κ1) is 8.53. The molecule has 11 heavy (non-hydrogen) atoms. The van der Waals surface area contributed by atoms with E-state index in [9.17, 15) is 4.79 Å². The Labute approximate surface area is 66.8 Å². The Morgan fingerprint density at radius 2 is 2.36 bits per heavy atom. The summed E-state index contributed by atoms with van der Waals surface area (Å²) in [4.78, 5) is 10.6. The third-order valence-corrected chi connectivity index (χ3v) is 1.97. The number of rotatable bonds is 5. The summed E-state index contributed by atoms with van der Waals surface area (Å²) in [5.41, 5.74) is 0. The van der Waals surface area contributed by atoms with E-state index in [-0.39, 0.29) is 6.04 Å². The van der Waals surface area contributed by atoms with Crippen LogP contribution in [0.2, 0.25) is 0 Å². The number of carbonyl (C=O) groups is 1. The van der Waals surface area contributed by atoms with Crippen molar-refractivity contribution < 1.29 is 9.90 Å². The monoisotopic (exact) mass is 157 g/mol. The molecule has 1 aliphatic rings. The van der Waals surface area contributed by atoms with Crippen molar-refractivity contribution in [2.45, 2.75) is 32.2 Å². The van der Waals surface area contributed by atoms with Gasteiger partial charge in [0, 0.05) is 0 Å². The molecule has 1 saturated carbocycles. The number of nitrogens with one attached hydrogen (secondary N) is 1.